The molecule has 1 rings (SSSR count). The van der Waals surface area contributed by atoms with Gasteiger partial charge in [-0.2, -0.15) is 0 Å². The van der Waals surface area contributed by atoms with Crippen LogP contribution in [0.4, 0.5) is 0 Å². The van der Waals surface area contributed by atoms with Crippen LogP contribution in [0.15, 0.2) is 21.1 Å². The Bertz CT molecular complexity index is 104. The van der Waals surface area contributed by atoms with E-state index in [1.807, 2.05) is 0 Å². The van der Waals surface area contributed by atoms with Crippen molar-refractivity contribution in [1.29, 1.82) is 0 Å². The van der Waals surface area contributed by atoms with Crippen molar-refractivity contribution in [3.8, 4) is 0 Å². The van der Waals surface area contributed by atoms with Gasteiger partial charge in [0.25, 0.3) is 0 Å². The van der Waals surface area contributed by atoms with Gasteiger partial charge in [-0.05, 0) is 0 Å². The SMILES string of the molecule is [Te]C1=CC=C[Si]1. The molecule has 0 N–H and O–H groups in total. The van der Waals surface area contributed by atoms with E-state index in [2.05, 4.69) is 40.1 Å². The van der Waals surface area contributed by atoms with Crippen LogP contribution in [-0.2, 0) is 0 Å². The molecule has 0 aliphatic carbocycles. The van der Waals surface area contributed by atoms with Gasteiger partial charge in [0.15, 0.2) is 0 Å². The molecule has 0 aromatic rings. The molecule has 1 aliphatic heterocycles. The third-order valence-corrected chi connectivity index (χ3v) is 2.78. The Balaban J connectivity index is 2.61. The molecule has 6 heavy (non-hydrogen) atoms. The molecule has 0 nitrogen and oxygen atoms in total. The van der Waals surface area contributed by atoms with Gasteiger partial charge in [-0.25, -0.2) is 0 Å². The van der Waals surface area contributed by atoms with Crippen molar-refractivity contribution >= 4 is 31.8 Å². The van der Waals surface area contributed by atoms with Gasteiger partial charge in [0.1, 0.15) is 0 Å². The molecule has 0 fully saturated rings. The minimum atomic E-state index is 0.967. The van der Waals surface area contributed by atoms with Crippen molar-refractivity contribution in [3.05, 3.63) is 21.1 Å². The minimum absolute atomic E-state index is 0.967. The van der Waals surface area contributed by atoms with Gasteiger partial charge >= 0.3 is 52.9 Å². The second kappa shape index (κ2) is 1.97. The average molecular weight is 207 g/mol. The Kier molecular flexibility index (Phi) is 1.52. The summed E-state index contributed by atoms with van der Waals surface area (Å²) in [5.74, 6) is 0. The Labute approximate surface area is 53.0 Å². The molecular formula is C4H3SiTe. The van der Waals surface area contributed by atoms with Gasteiger partial charge in [-0.3, -0.25) is 0 Å². The Hall–Kier alpha value is 0.486. The van der Waals surface area contributed by atoms with E-state index < -0.39 is 0 Å². The summed E-state index contributed by atoms with van der Waals surface area (Å²) in [6, 6.07) is 0. The first-order valence-electron chi connectivity index (χ1n) is 1.70. The fraction of sp³-hybridized carbons (Fsp3) is 0. The zero-order chi connectivity index (χ0) is 4.41. The second-order valence-electron chi connectivity index (χ2n) is 1.03. The van der Waals surface area contributed by atoms with Crippen molar-refractivity contribution in [3.63, 3.8) is 0 Å². The molecule has 0 bridgehead atoms. The maximum absolute atomic E-state index is 2.19. The predicted octanol–water partition coefficient (Wildman–Crippen LogP) is 0.228. The molecule has 1 aliphatic rings. The topological polar surface area (TPSA) is 0 Å². The van der Waals surface area contributed by atoms with Crippen LogP contribution in [0, 0.1) is 0 Å². The summed E-state index contributed by atoms with van der Waals surface area (Å²) in [7, 11) is 0.967. The van der Waals surface area contributed by atoms with E-state index in [0.717, 1.165) is 9.52 Å². The van der Waals surface area contributed by atoms with Gasteiger partial charge in [0, 0.05) is 0 Å². The van der Waals surface area contributed by atoms with Crippen molar-refractivity contribution in [2.75, 3.05) is 0 Å². The van der Waals surface area contributed by atoms with Crippen LogP contribution in [-0.4, -0.2) is 31.8 Å². The van der Waals surface area contributed by atoms with E-state index >= 15 is 0 Å². The van der Waals surface area contributed by atoms with Crippen molar-refractivity contribution in [2.45, 2.75) is 0 Å². The maximum atomic E-state index is 2.19. The van der Waals surface area contributed by atoms with E-state index in [0.29, 0.717) is 0 Å². The monoisotopic (exact) mass is 209 g/mol. The normalized spacial score (nSPS) is 18.3. The molecule has 0 amide bonds. The van der Waals surface area contributed by atoms with E-state index in [9.17, 15) is 0 Å². The van der Waals surface area contributed by atoms with E-state index in [4.69, 9.17) is 0 Å². The summed E-state index contributed by atoms with van der Waals surface area (Å²) in [5.41, 5.74) is 2.19. The van der Waals surface area contributed by atoms with Crippen LogP contribution >= 0.6 is 0 Å². The van der Waals surface area contributed by atoms with Crippen LogP contribution in [0.3, 0.4) is 0 Å². The first-order valence-corrected chi connectivity index (χ1v) is 3.94. The van der Waals surface area contributed by atoms with Crippen LogP contribution in [0.5, 0.6) is 0 Å². The number of rotatable bonds is 0. The van der Waals surface area contributed by atoms with E-state index in [-0.39, 0.29) is 0 Å². The third kappa shape index (κ3) is 0.973. The molecular weight excluding hydrogens is 204 g/mol. The van der Waals surface area contributed by atoms with Gasteiger partial charge in [0.2, 0.25) is 0 Å². The number of hydrogen-bond acceptors (Lipinski definition) is 0. The van der Waals surface area contributed by atoms with E-state index in [1.165, 1.54) is 3.24 Å². The molecule has 0 aromatic heterocycles. The van der Waals surface area contributed by atoms with Crippen LogP contribution in [0.25, 0.3) is 0 Å². The molecule has 0 atom stereocenters. The summed E-state index contributed by atoms with van der Waals surface area (Å²) >= 11 is 2.09. The van der Waals surface area contributed by atoms with Gasteiger partial charge in [-0.1, -0.05) is 0 Å². The summed E-state index contributed by atoms with van der Waals surface area (Å²) in [6.07, 6.45) is 4.26. The average Bonchev–Trinajstić information content (AvgIpc) is 1.86. The fourth-order valence-electron chi connectivity index (χ4n) is 0.314. The summed E-state index contributed by atoms with van der Waals surface area (Å²) in [4.78, 5) is 0. The second-order valence-corrected chi connectivity index (χ2v) is 4.57. The van der Waals surface area contributed by atoms with Gasteiger partial charge in [0.05, 0.1) is 0 Å². The first kappa shape index (κ1) is 4.64. The predicted molar refractivity (Wildman–Crippen MR) is 28.7 cm³/mol. The van der Waals surface area contributed by atoms with Crippen molar-refractivity contribution in [1.82, 2.24) is 0 Å². The number of allylic oxidation sites excluding steroid dienone is 2. The molecule has 0 saturated heterocycles. The summed E-state index contributed by atoms with van der Waals surface area (Å²) in [5, 5.41) is 0. The van der Waals surface area contributed by atoms with Crippen LogP contribution in [0.1, 0.15) is 0 Å². The quantitative estimate of drug-likeness (QED) is 0.498. The summed E-state index contributed by atoms with van der Waals surface area (Å²) < 4.78 is 1.51. The fourth-order valence-corrected chi connectivity index (χ4v) is 1.67. The first-order chi connectivity index (χ1) is 2.89. The van der Waals surface area contributed by atoms with Crippen LogP contribution < -0.4 is 0 Å². The molecule has 0 spiro atoms. The van der Waals surface area contributed by atoms with E-state index in [1.54, 1.807) is 0 Å². The van der Waals surface area contributed by atoms with Gasteiger partial charge < -0.3 is 0 Å². The molecule has 29 valence electrons. The number of hydrogen-bond donors (Lipinski definition) is 0. The Morgan fingerprint density at radius 1 is 1.67 bits per heavy atom. The van der Waals surface area contributed by atoms with Crippen molar-refractivity contribution < 1.29 is 0 Å². The zero-order valence-electron chi connectivity index (χ0n) is 3.14. The Morgan fingerprint density at radius 2 is 2.50 bits per heavy atom. The molecule has 1 heterocycles. The zero-order valence-corrected chi connectivity index (χ0v) is 6.47. The van der Waals surface area contributed by atoms with Crippen molar-refractivity contribution in [2.24, 2.45) is 0 Å². The molecule has 3 radical (unpaired) electrons. The Morgan fingerprint density at radius 3 is 2.67 bits per heavy atom. The van der Waals surface area contributed by atoms with Gasteiger partial charge in [-0.15, -0.1) is 0 Å². The van der Waals surface area contributed by atoms with Crippen LogP contribution in [0.2, 0.25) is 0 Å². The standard InChI is InChI=1S/C4H3SiTe/c6-4-2-1-3-5-4/h1-3H. The third-order valence-electron chi connectivity index (χ3n) is 0.569. The molecule has 0 unspecified atom stereocenters. The molecule has 0 saturated carbocycles. The molecule has 2 heteroatoms. The summed E-state index contributed by atoms with van der Waals surface area (Å²) in [6.45, 7) is 0. The molecule has 0 aromatic carbocycles.